The second-order valence-electron chi connectivity index (χ2n) is 5.34. The van der Waals surface area contributed by atoms with Gasteiger partial charge in [0.25, 0.3) is 10.0 Å². The van der Waals surface area contributed by atoms with Gasteiger partial charge in [0.15, 0.2) is 5.96 Å². The van der Waals surface area contributed by atoms with Gasteiger partial charge in [-0.2, -0.15) is 4.31 Å². The second kappa shape index (κ2) is 12.9. The molecule has 146 valence electrons. The number of hydrogen-bond donors (Lipinski definition) is 2. The first-order valence-corrected chi connectivity index (χ1v) is 10.8. The molecule has 1 aromatic rings. The van der Waals surface area contributed by atoms with Crippen LogP contribution >= 0.6 is 35.3 Å². The lowest BCUT2D eigenvalue weighted by molar-refractivity contribution is 0.447. The molecule has 0 amide bonds. The van der Waals surface area contributed by atoms with Gasteiger partial charge in [0.2, 0.25) is 0 Å². The molecule has 0 aliphatic carbocycles. The molecule has 9 heteroatoms. The molecule has 6 nitrogen and oxygen atoms in total. The molecule has 1 rings (SSSR count). The first-order chi connectivity index (χ1) is 11.5. The van der Waals surface area contributed by atoms with Crippen molar-refractivity contribution < 1.29 is 8.42 Å². The van der Waals surface area contributed by atoms with Crippen LogP contribution in [0.15, 0.2) is 21.3 Å². The Balaban J connectivity index is 0.00000576. The van der Waals surface area contributed by atoms with Crippen LogP contribution in [0.3, 0.4) is 0 Å². The number of halogens is 1. The summed E-state index contributed by atoms with van der Waals surface area (Å²) in [5.74, 6) is 0.788. The lowest BCUT2D eigenvalue weighted by Gasteiger charge is -2.16. The third-order valence-corrected chi connectivity index (χ3v) is 7.31. The summed E-state index contributed by atoms with van der Waals surface area (Å²) in [5, 5.41) is 6.51. The van der Waals surface area contributed by atoms with Crippen molar-refractivity contribution in [2.45, 2.75) is 44.2 Å². The molecule has 0 unspecified atom stereocenters. The van der Waals surface area contributed by atoms with E-state index in [9.17, 15) is 8.42 Å². The van der Waals surface area contributed by atoms with Crippen molar-refractivity contribution in [3.05, 3.63) is 17.0 Å². The summed E-state index contributed by atoms with van der Waals surface area (Å²) >= 11 is 1.35. The third kappa shape index (κ3) is 7.79. The monoisotopic (exact) mass is 502 g/mol. The van der Waals surface area contributed by atoms with Gasteiger partial charge in [0.1, 0.15) is 4.21 Å². The van der Waals surface area contributed by atoms with Gasteiger partial charge >= 0.3 is 0 Å². The van der Waals surface area contributed by atoms with Crippen LogP contribution in [0.4, 0.5) is 0 Å². The molecule has 1 heterocycles. The van der Waals surface area contributed by atoms with Crippen molar-refractivity contribution in [2.75, 3.05) is 33.2 Å². The highest BCUT2D eigenvalue weighted by Gasteiger charge is 2.23. The summed E-state index contributed by atoms with van der Waals surface area (Å²) in [6.45, 7) is 8.48. The lowest BCUT2D eigenvalue weighted by Crippen LogP contribution is -2.38. The van der Waals surface area contributed by atoms with Crippen molar-refractivity contribution in [3.63, 3.8) is 0 Å². The van der Waals surface area contributed by atoms with Crippen LogP contribution in [0, 0.1) is 0 Å². The molecule has 1 aromatic heterocycles. The minimum absolute atomic E-state index is 0. The summed E-state index contributed by atoms with van der Waals surface area (Å²) < 4.78 is 26.9. The highest BCUT2D eigenvalue weighted by molar-refractivity contribution is 14.0. The summed E-state index contributed by atoms with van der Waals surface area (Å²) in [7, 11) is -1.59. The van der Waals surface area contributed by atoms with Crippen LogP contribution in [-0.2, 0) is 16.4 Å². The van der Waals surface area contributed by atoms with E-state index >= 15 is 0 Å². The van der Waals surface area contributed by atoms with E-state index in [1.165, 1.54) is 15.6 Å². The minimum atomic E-state index is -3.35. The number of aliphatic imine (C=N–C) groups is 1. The number of nitrogens with zero attached hydrogens (tertiary/aromatic N) is 2. The van der Waals surface area contributed by atoms with Crippen LogP contribution in [0.2, 0.25) is 0 Å². The fraction of sp³-hybridized carbons (Fsp3) is 0.688. The molecule has 0 saturated carbocycles. The fourth-order valence-electron chi connectivity index (χ4n) is 2.23. The maximum atomic E-state index is 12.5. The average molecular weight is 502 g/mol. The second-order valence-corrected chi connectivity index (χ2v) is 8.67. The van der Waals surface area contributed by atoms with Crippen LogP contribution < -0.4 is 10.6 Å². The number of unbranched alkanes of at least 4 members (excludes halogenated alkanes) is 1. The molecule has 0 atom stereocenters. The Morgan fingerprint density at radius 3 is 2.36 bits per heavy atom. The number of guanidine groups is 1. The molecule has 0 saturated heterocycles. The number of hydrogen-bond acceptors (Lipinski definition) is 4. The zero-order chi connectivity index (χ0) is 18.0. The van der Waals surface area contributed by atoms with Gasteiger partial charge in [-0.3, -0.25) is 4.99 Å². The van der Waals surface area contributed by atoms with Gasteiger partial charge in [-0.15, -0.1) is 35.3 Å². The smallest absolute Gasteiger partial charge is 0.252 e. The van der Waals surface area contributed by atoms with Gasteiger partial charge in [-0.1, -0.05) is 27.2 Å². The molecule has 0 aliphatic rings. The van der Waals surface area contributed by atoms with E-state index < -0.39 is 10.0 Å². The first kappa shape index (κ1) is 24.6. The number of sulfonamides is 1. The Morgan fingerprint density at radius 1 is 1.16 bits per heavy atom. The van der Waals surface area contributed by atoms with E-state index in [2.05, 4.69) is 22.5 Å². The van der Waals surface area contributed by atoms with Crippen LogP contribution in [-0.4, -0.2) is 51.9 Å². The molecule has 2 N–H and O–H groups in total. The Kier molecular flexibility index (Phi) is 12.7. The molecule has 25 heavy (non-hydrogen) atoms. The predicted octanol–water partition coefficient (Wildman–Crippen LogP) is 2.90. The van der Waals surface area contributed by atoms with Crippen molar-refractivity contribution in [1.29, 1.82) is 0 Å². The summed E-state index contributed by atoms with van der Waals surface area (Å²) in [5.41, 5.74) is 0. The zero-order valence-corrected chi connectivity index (χ0v) is 19.5. The van der Waals surface area contributed by atoms with E-state index in [1.54, 1.807) is 13.1 Å². The maximum absolute atomic E-state index is 12.5. The number of nitrogens with one attached hydrogen (secondary N) is 2. The standard InChI is InChI=1S/C16H30N4O2S2.HI/c1-5-8-12-18-16(17-4)19-13-11-14-9-10-15(23-14)24(21,22)20(6-2)7-3;/h9-10H,5-8,11-13H2,1-4H3,(H2,17,18,19);1H. The van der Waals surface area contributed by atoms with Crippen LogP contribution in [0.1, 0.15) is 38.5 Å². The summed E-state index contributed by atoms with van der Waals surface area (Å²) in [6.07, 6.45) is 3.02. The molecular weight excluding hydrogens is 471 g/mol. The van der Waals surface area contributed by atoms with Crippen LogP contribution in [0.5, 0.6) is 0 Å². The Hall–Kier alpha value is -0.390. The van der Waals surface area contributed by atoms with E-state index in [0.29, 0.717) is 17.3 Å². The van der Waals surface area contributed by atoms with Gasteiger partial charge in [-0.25, -0.2) is 8.42 Å². The van der Waals surface area contributed by atoms with Crippen molar-refractivity contribution in [1.82, 2.24) is 14.9 Å². The van der Waals surface area contributed by atoms with Crippen molar-refractivity contribution in [3.8, 4) is 0 Å². The van der Waals surface area contributed by atoms with E-state index in [4.69, 9.17) is 0 Å². The zero-order valence-electron chi connectivity index (χ0n) is 15.5. The third-order valence-electron chi connectivity index (χ3n) is 3.65. The van der Waals surface area contributed by atoms with E-state index in [1.807, 2.05) is 19.9 Å². The predicted molar refractivity (Wildman–Crippen MR) is 118 cm³/mol. The SMILES string of the molecule is CCCCNC(=NC)NCCc1ccc(S(=O)(=O)N(CC)CC)s1.I. The Bertz CT molecular complexity index is 613. The first-order valence-electron chi connectivity index (χ1n) is 8.52. The van der Waals surface area contributed by atoms with E-state index in [0.717, 1.165) is 43.2 Å². The topological polar surface area (TPSA) is 73.8 Å². The molecule has 0 spiro atoms. The normalized spacial score (nSPS) is 12.1. The van der Waals surface area contributed by atoms with Gasteiger partial charge in [-0.05, 0) is 25.0 Å². The summed E-state index contributed by atoms with van der Waals surface area (Å²) in [4.78, 5) is 5.23. The molecule has 0 aromatic carbocycles. The molecule has 0 fully saturated rings. The average Bonchev–Trinajstić information content (AvgIpc) is 3.04. The highest BCUT2D eigenvalue weighted by Crippen LogP contribution is 2.25. The number of rotatable bonds is 10. The van der Waals surface area contributed by atoms with Gasteiger partial charge in [0.05, 0.1) is 0 Å². The van der Waals surface area contributed by atoms with Gasteiger partial charge in [0, 0.05) is 38.1 Å². The van der Waals surface area contributed by atoms with Gasteiger partial charge < -0.3 is 10.6 Å². The minimum Gasteiger partial charge on any atom is -0.356 e. The van der Waals surface area contributed by atoms with Crippen molar-refractivity contribution in [2.24, 2.45) is 4.99 Å². The molecular formula is C16H31IN4O2S2. The Labute approximate surface area is 173 Å². The lowest BCUT2D eigenvalue weighted by atomic mass is 10.3. The largest absolute Gasteiger partial charge is 0.356 e. The fourth-order valence-corrected chi connectivity index (χ4v) is 5.20. The highest BCUT2D eigenvalue weighted by atomic mass is 127. The summed E-state index contributed by atoms with van der Waals surface area (Å²) in [6, 6.07) is 3.61. The number of thiophene rings is 1. The maximum Gasteiger partial charge on any atom is 0.252 e. The Morgan fingerprint density at radius 2 is 1.80 bits per heavy atom. The quantitative estimate of drug-likeness (QED) is 0.223. The molecule has 0 aliphatic heterocycles. The van der Waals surface area contributed by atoms with Crippen molar-refractivity contribution >= 4 is 51.3 Å². The van der Waals surface area contributed by atoms with Crippen LogP contribution in [0.25, 0.3) is 0 Å². The molecule has 0 bridgehead atoms. The van der Waals surface area contributed by atoms with E-state index in [-0.39, 0.29) is 24.0 Å². The molecule has 0 radical (unpaired) electrons.